The van der Waals surface area contributed by atoms with Crippen molar-refractivity contribution >= 4 is 0 Å². The lowest BCUT2D eigenvalue weighted by Crippen LogP contribution is -2.27. The smallest absolute Gasteiger partial charge is 0.0626 e. The molecule has 0 amide bonds. The van der Waals surface area contributed by atoms with Gasteiger partial charge in [-0.3, -0.25) is 5.10 Å². The molecule has 0 aliphatic rings. The standard InChI is InChI=1S/C13H26N4/c1-10(2)15-8-5-7-14-9-6-13-11(3)16-17-12(13)4/h10,14-15H,5-9H2,1-4H3,(H,16,17). The Kier molecular flexibility index (Phi) is 6.22. The van der Waals surface area contributed by atoms with Crippen LogP contribution in [-0.2, 0) is 6.42 Å². The van der Waals surface area contributed by atoms with Crippen molar-refractivity contribution in [1.29, 1.82) is 0 Å². The van der Waals surface area contributed by atoms with Crippen LogP contribution in [0.15, 0.2) is 0 Å². The quantitative estimate of drug-likeness (QED) is 0.602. The minimum Gasteiger partial charge on any atom is -0.316 e. The van der Waals surface area contributed by atoms with Crippen LogP contribution in [-0.4, -0.2) is 35.9 Å². The Hall–Kier alpha value is -0.870. The van der Waals surface area contributed by atoms with Crippen molar-refractivity contribution < 1.29 is 0 Å². The minimum absolute atomic E-state index is 0.589. The number of aromatic amines is 1. The van der Waals surface area contributed by atoms with Crippen molar-refractivity contribution in [3.63, 3.8) is 0 Å². The van der Waals surface area contributed by atoms with E-state index in [-0.39, 0.29) is 0 Å². The van der Waals surface area contributed by atoms with Crippen LogP contribution in [0, 0.1) is 13.8 Å². The second kappa shape index (κ2) is 7.45. The first kappa shape index (κ1) is 14.2. The normalized spacial score (nSPS) is 11.4. The molecule has 0 aliphatic carbocycles. The van der Waals surface area contributed by atoms with E-state index in [2.05, 4.69) is 48.5 Å². The van der Waals surface area contributed by atoms with Crippen molar-refractivity contribution in [2.45, 2.75) is 46.6 Å². The zero-order chi connectivity index (χ0) is 12.7. The number of aromatic nitrogens is 2. The third-order valence-electron chi connectivity index (χ3n) is 2.92. The third-order valence-corrected chi connectivity index (χ3v) is 2.92. The first-order chi connectivity index (χ1) is 8.11. The van der Waals surface area contributed by atoms with Crippen LogP contribution in [0.4, 0.5) is 0 Å². The summed E-state index contributed by atoms with van der Waals surface area (Å²) < 4.78 is 0. The highest BCUT2D eigenvalue weighted by Gasteiger charge is 2.04. The van der Waals surface area contributed by atoms with Crippen molar-refractivity contribution in [3.05, 3.63) is 17.0 Å². The molecule has 0 spiro atoms. The average molecular weight is 238 g/mol. The molecule has 4 heteroatoms. The van der Waals surface area contributed by atoms with Crippen LogP contribution in [0.1, 0.15) is 37.2 Å². The summed E-state index contributed by atoms with van der Waals surface area (Å²) in [7, 11) is 0. The van der Waals surface area contributed by atoms with E-state index in [1.165, 1.54) is 17.7 Å². The van der Waals surface area contributed by atoms with E-state index in [1.54, 1.807) is 0 Å². The predicted molar refractivity (Wildman–Crippen MR) is 72.4 cm³/mol. The van der Waals surface area contributed by atoms with Gasteiger partial charge < -0.3 is 10.6 Å². The number of nitrogens with zero attached hydrogens (tertiary/aromatic N) is 1. The van der Waals surface area contributed by atoms with Crippen LogP contribution in [0.25, 0.3) is 0 Å². The summed E-state index contributed by atoms with van der Waals surface area (Å²) in [5, 5.41) is 14.1. The van der Waals surface area contributed by atoms with Crippen LogP contribution < -0.4 is 10.6 Å². The summed E-state index contributed by atoms with van der Waals surface area (Å²) in [5.74, 6) is 0. The lowest BCUT2D eigenvalue weighted by atomic mass is 10.1. The fourth-order valence-electron chi connectivity index (χ4n) is 1.88. The lowest BCUT2D eigenvalue weighted by molar-refractivity contribution is 0.548. The summed E-state index contributed by atoms with van der Waals surface area (Å²) in [5.41, 5.74) is 3.69. The highest BCUT2D eigenvalue weighted by atomic mass is 15.1. The van der Waals surface area contributed by atoms with E-state index < -0.39 is 0 Å². The van der Waals surface area contributed by atoms with Crippen molar-refractivity contribution in [1.82, 2.24) is 20.8 Å². The zero-order valence-electron chi connectivity index (χ0n) is 11.6. The van der Waals surface area contributed by atoms with Gasteiger partial charge in [0, 0.05) is 11.7 Å². The van der Waals surface area contributed by atoms with E-state index >= 15 is 0 Å². The van der Waals surface area contributed by atoms with Crippen molar-refractivity contribution in [2.75, 3.05) is 19.6 Å². The number of rotatable bonds is 8. The summed E-state index contributed by atoms with van der Waals surface area (Å²) >= 11 is 0. The SMILES string of the molecule is Cc1n[nH]c(C)c1CCNCCCNC(C)C. The molecule has 1 aromatic rings. The number of hydrogen-bond acceptors (Lipinski definition) is 3. The van der Waals surface area contributed by atoms with Crippen LogP contribution in [0.5, 0.6) is 0 Å². The molecule has 0 bridgehead atoms. The highest BCUT2D eigenvalue weighted by molar-refractivity contribution is 5.23. The van der Waals surface area contributed by atoms with Gasteiger partial charge in [0.15, 0.2) is 0 Å². The van der Waals surface area contributed by atoms with E-state index in [4.69, 9.17) is 0 Å². The van der Waals surface area contributed by atoms with Crippen LogP contribution in [0.3, 0.4) is 0 Å². The molecule has 0 aliphatic heterocycles. The largest absolute Gasteiger partial charge is 0.316 e. The molecule has 0 fully saturated rings. The lowest BCUT2D eigenvalue weighted by Gasteiger charge is -2.08. The molecule has 1 heterocycles. The maximum absolute atomic E-state index is 4.20. The molecule has 0 saturated carbocycles. The Labute approximate surface area is 105 Å². The molecule has 3 N–H and O–H groups in total. The zero-order valence-corrected chi connectivity index (χ0v) is 11.6. The Morgan fingerprint density at radius 3 is 2.53 bits per heavy atom. The molecular weight excluding hydrogens is 212 g/mol. The minimum atomic E-state index is 0.589. The molecule has 0 aromatic carbocycles. The van der Waals surface area contributed by atoms with Gasteiger partial charge in [0.05, 0.1) is 5.69 Å². The fraction of sp³-hybridized carbons (Fsp3) is 0.769. The number of H-pyrrole nitrogens is 1. The van der Waals surface area contributed by atoms with Crippen LogP contribution in [0.2, 0.25) is 0 Å². The Balaban J connectivity index is 2.05. The van der Waals surface area contributed by atoms with E-state index in [0.717, 1.165) is 31.7 Å². The van der Waals surface area contributed by atoms with Gasteiger partial charge in [-0.1, -0.05) is 13.8 Å². The number of aryl methyl sites for hydroxylation is 2. The molecular formula is C13H26N4. The van der Waals surface area contributed by atoms with Crippen molar-refractivity contribution in [3.8, 4) is 0 Å². The fourth-order valence-corrected chi connectivity index (χ4v) is 1.88. The second-order valence-corrected chi connectivity index (χ2v) is 4.87. The van der Waals surface area contributed by atoms with Gasteiger partial charge in [-0.2, -0.15) is 5.10 Å². The Bertz CT molecular complexity index is 298. The third kappa shape index (κ3) is 5.33. The first-order valence-electron chi connectivity index (χ1n) is 6.55. The molecule has 0 unspecified atom stereocenters. The maximum Gasteiger partial charge on any atom is 0.0626 e. The second-order valence-electron chi connectivity index (χ2n) is 4.87. The van der Waals surface area contributed by atoms with Gasteiger partial charge in [0.2, 0.25) is 0 Å². The molecule has 0 atom stereocenters. The van der Waals surface area contributed by atoms with E-state index in [1.807, 2.05) is 0 Å². The van der Waals surface area contributed by atoms with Gasteiger partial charge in [-0.15, -0.1) is 0 Å². The molecule has 4 nitrogen and oxygen atoms in total. The molecule has 1 aromatic heterocycles. The van der Waals surface area contributed by atoms with Crippen LogP contribution >= 0.6 is 0 Å². The summed E-state index contributed by atoms with van der Waals surface area (Å²) in [6.45, 7) is 11.7. The molecule has 0 saturated heterocycles. The van der Waals surface area contributed by atoms with Gasteiger partial charge in [0.1, 0.15) is 0 Å². The molecule has 98 valence electrons. The van der Waals surface area contributed by atoms with Gasteiger partial charge in [-0.25, -0.2) is 0 Å². The number of hydrogen-bond donors (Lipinski definition) is 3. The average Bonchev–Trinajstić information content (AvgIpc) is 2.58. The van der Waals surface area contributed by atoms with Gasteiger partial charge in [-0.05, 0) is 51.9 Å². The Morgan fingerprint density at radius 1 is 1.18 bits per heavy atom. The Morgan fingerprint density at radius 2 is 1.94 bits per heavy atom. The van der Waals surface area contributed by atoms with Crippen molar-refractivity contribution in [2.24, 2.45) is 0 Å². The van der Waals surface area contributed by atoms with E-state index in [9.17, 15) is 0 Å². The molecule has 17 heavy (non-hydrogen) atoms. The maximum atomic E-state index is 4.20. The molecule has 1 rings (SSSR count). The predicted octanol–water partition coefficient (Wildman–Crippen LogP) is 1.55. The highest BCUT2D eigenvalue weighted by Crippen LogP contribution is 2.08. The summed E-state index contributed by atoms with van der Waals surface area (Å²) in [6.07, 6.45) is 2.24. The number of nitrogens with one attached hydrogen (secondary N) is 3. The van der Waals surface area contributed by atoms with Gasteiger partial charge >= 0.3 is 0 Å². The molecule has 0 radical (unpaired) electrons. The monoisotopic (exact) mass is 238 g/mol. The van der Waals surface area contributed by atoms with Gasteiger partial charge in [0.25, 0.3) is 0 Å². The first-order valence-corrected chi connectivity index (χ1v) is 6.55. The summed E-state index contributed by atoms with van der Waals surface area (Å²) in [6, 6.07) is 0.589. The topological polar surface area (TPSA) is 52.7 Å². The summed E-state index contributed by atoms with van der Waals surface area (Å²) in [4.78, 5) is 0. The van der Waals surface area contributed by atoms with E-state index in [0.29, 0.717) is 6.04 Å².